The van der Waals surface area contributed by atoms with Crippen molar-refractivity contribution in [3.05, 3.63) is 12.4 Å². The van der Waals surface area contributed by atoms with E-state index in [2.05, 4.69) is 17.3 Å². The minimum atomic E-state index is 0.547. The van der Waals surface area contributed by atoms with Crippen LogP contribution in [0.1, 0.15) is 19.8 Å². The fourth-order valence-electron chi connectivity index (χ4n) is 1.43. The summed E-state index contributed by atoms with van der Waals surface area (Å²) in [6, 6.07) is 0.783. The fraction of sp³-hybridized carbons (Fsp3) is 0.727. The SMILES string of the molecule is CC(CNC1CC1)COc1cnn(C)c1. The fourth-order valence-corrected chi connectivity index (χ4v) is 1.43. The predicted octanol–water partition coefficient (Wildman–Crippen LogP) is 1.19. The van der Waals surface area contributed by atoms with Crippen LogP contribution in [0.2, 0.25) is 0 Å². The number of nitrogens with zero attached hydrogens (tertiary/aromatic N) is 2. The Bertz CT molecular complexity index is 307. The number of nitrogens with one attached hydrogen (secondary N) is 1. The Morgan fingerprint density at radius 3 is 3.07 bits per heavy atom. The molecule has 0 aromatic carbocycles. The first-order valence-electron chi connectivity index (χ1n) is 5.59. The summed E-state index contributed by atoms with van der Waals surface area (Å²) in [5.41, 5.74) is 0. The molecule has 0 aliphatic heterocycles. The van der Waals surface area contributed by atoms with Gasteiger partial charge in [0.1, 0.15) is 0 Å². The standard InChI is InChI=1S/C11H19N3O/c1-9(5-12-10-3-4-10)8-15-11-6-13-14(2)7-11/h6-7,9-10,12H,3-5,8H2,1-2H3. The molecular weight excluding hydrogens is 190 g/mol. The average Bonchev–Trinajstić information content (AvgIpc) is 2.95. The van der Waals surface area contributed by atoms with Gasteiger partial charge in [-0.2, -0.15) is 5.10 Å². The maximum absolute atomic E-state index is 5.62. The molecule has 84 valence electrons. The van der Waals surface area contributed by atoms with Crippen LogP contribution in [0.15, 0.2) is 12.4 Å². The minimum Gasteiger partial charge on any atom is -0.490 e. The van der Waals surface area contributed by atoms with Crippen LogP contribution >= 0.6 is 0 Å². The molecule has 0 bridgehead atoms. The Kier molecular flexibility index (Phi) is 3.26. The van der Waals surface area contributed by atoms with Crippen molar-refractivity contribution in [2.75, 3.05) is 13.2 Å². The topological polar surface area (TPSA) is 39.1 Å². The first-order valence-corrected chi connectivity index (χ1v) is 5.59. The molecule has 1 aliphatic carbocycles. The van der Waals surface area contributed by atoms with Gasteiger partial charge in [-0.3, -0.25) is 4.68 Å². The highest BCUT2D eigenvalue weighted by Gasteiger charge is 2.20. The minimum absolute atomic E-state index is 0.547. The summed E-state index contributed by atoms with van der Waals surface area (Å²) in [6.07, 6.45) is 6.33. The molecule has 4 nitrogen and oxygen atoms in total. The summed E-state index contributed by atoms with van der Waals surface area (Å²) < 4.78 is 7.37. The van der Waals surface area contributed by atoms with Crippen molar-refractivity contribution in [2.45, 2.75) is 25.8 Å². The molecule has 0 radical (unpaired) electrons. The van der Waals surface area contributed by atoms with Gasteiger partial charge in [-0.1, -0.05) is 6.92 Å². The van der Waals surface area contributed by atoms with E-state index >= 15 is 0 Å². The number of aryl methyl sites for hydroxylation is 1. The van der Waals surface area contributed by atoms with Crippen LogP contribution in [0.5, 0.6) is 5.75 Å². The summed E-state index contributed by atoms with van der Waals surface area (Å²) in [5.74, 6) is 1.40. The lowest BCUT2D eigenvalue weighted by atomic mass is 10.2. The van der Waals surface area contributed by atoms with E-state index in [4.69, 9.17) is 4.74 Å². The Labute approximate surface area is 90.6 Å². The second kappa shape index (κ2) is 4.66. The Morgan fingerprint density at radius 2 is 2.47 bits per heavy atom. The number of hydrogen-bond donors (Lipinski definition) is 1. The highest BCUT2D eigenvalue weighted by molar-refractivity contribution is 5.11. The molecule has 0 saturated heterocycles. The van der Waals surface area contributed by atoms with Crippen LogP contribution in [0.3, 0.4) is 0 Å². The van der Waals surface area contributed by atoms with E-state index in [0.29, 0.717) is 5.92 Å². The van der Waals surface area contributed by atoms with Crippen LogP contribution in [0.4, 0.5) is 0 Å². The van der Waals surface area contributed by atoms with Gasteiger partial charge in [-0.15, -0.1) is 0 Å². The molecule has 0 spiro atoms. The van der Waals surface area contributed by atoms with Gasteiger partial charge in [0.15, 0.2) is 5.75 Å². The van der Waals surface area contributed by atoms with E-state index in [1.54, 1.807) is 10.9 Å². The first kappa shape index (κ1) is 10.5. The monoisotopic (exact) mass is 209 g/mol. The van der Waals surface area contributed by atoms with Crippen LogP contribution < -0.4 is 10.1 Å². The van der Waals surface area contributed by atoms with Gasteiger partial charge in [0.25, 0.3) is 0 Å². The summed E-state index contributed by atoms with van der Waals surface area (Å²) in [7, 11) is 1.89. The highest BCUT2D eigenvalue weighted by Crippen LogP contribution is 2.18. The zero-order valence-electron chi connectivity index (χ0n) is 9.44. The number of rotatable bonds is 6. The van der Waals surface area contributed by atoms with E-state index < -0.39 is 0 Å². The average molecular weight is 209 g/mol. The second-order valence-electron chi connectivity index (χ2n) is 4.45. The highest BCUT2D eigenvalue weighted by atomic mass is 16.5. The molecule has 1 aromatic rings. The molecule has 1 heterocycles. The Morgan fingerprint density at radius 1 is 1.67 bits per heavy atom. The lowest BCUT2D eigenvalue weighted by Gasteiger charge is -2.12. The zero-order valence-corrected chi connectivity index (χ0v) is 9.44. The molecule has 15 heavy (non-hydrogen) atoms. The quantitative estimate of drug-likeness (QED) is 0.765. The van der Waals surface area contributed by atoms with Crippen molar-refractivity contribution in [1.82, 2.24) is 15.1 Å². The normalized spacial score (nSPS) is 17.7. The number of hydrogen-bond acceptors (Lipinski definition) is 3. The van der Waals surface area contributed by atoms with Gasteiger partial charge >= 0.3 is 0 Å². The molecule has 0 amide bonds. The molecule has 1 fully saturated rings. The zero-order chi connectivity index (χ0) is 10.7. The molecule has 4 heteroatoms. The van der Waals surface area contributed by atoms with Gasteiger partial charge in [0.05, 0.1) is 19.0 Å². The molecule has 1 aliphatic rings. The number of aromatic nitrogens is 2. The van der Waals surface area contributed by atoms with Gasteiger partial charge in [-0.25, -0.2) is 0 Å². The van der Waals surface area contributed by atoms with E-state index in [1.807, 2.05) is 13.2 Å². The predicted molar refractivity (Wildman–Crippen MR) is 58.9 cm³/mol. The third kappa shape index (κ3) is 3.55. The third-order valence-corrected chi connectivity index (χ3v) is 2.55. The van der Waals surface area contributed by atoms with E-state index in [0.717, 1.165) is 24.9 Å². The van der Waals surface area contributed by atoms with E-state index in [9.17, 15) is 0 Å². The third-order valence-electron chi connectivity index (χ3n) is 2.55. The number of ether oxygens (including phenoxy) is 1. The lowest BCUT2D eigenvalue weighted by Crippen LogP contribution is -2.26. The van der Waals surface area contributed by atoms with Crippen molar-refractivity contribution in [1.29, 1.82) is 0 Å². The van der Waals surface area contributed by atoms with Crippen molar-refractivity contribution in [3.8, 4) is 5.75 Å². The maximum Gasteiger partial charge on any atom is 0.157 e. The van der Waals surface area contributed by atoms with E-state index in [-0.39, 0.29) is 0 Å². The van der Waals surface area contributed by atoms with Crippen molar-refractivity contribution in [2.24, 2.45) is 13.0 Å². The van der Waals surface area contributed by atoms with Gasteiger partial charge < -0.3 is 10.1 Å². The summed E-state index contributed by atoms with van der Waals surface area (Å²) >= 11 is 0. The molecule has 1 N–H and O–H groups in total. The van der Waals surface area contributed by atoms with Crippen LogP contribution in [0, 0.1) is 5.92 Å². The van der Waals surface area contributed by atoms with Gasteiger partial charge in [-0.05, 0) is 12.8 Å². The molecular formula is C11H19N3O. The smallest absolute Gasteiger partial charge is 0.157 e. The molecule has 1 atom stereocenters. The molecule has 1 saturated carbocycles. The van der Waals surface area contributed by atoms with Crippen LogP contribution in [-0.4, -0.2) is 29.0 Å². The maximum atomic E-state index is 5.62. The lowest BCUT2D eigenvalue weighted by molar-refractivity contribution is 0.255. The van der Waals surface area contributed by atoms with Crippen molar-refractivity contribution in [3.63, 3.8) is 0 Å². The summed E-state index contributed by atoms with van der Waals surface area (Å²) in [5, 5.41) is 7.55. The largest absolute Gasteiger partial charge is 0.490 e. The van der Waals surface area contributed by atoms with Gasteiger partial charge in [0.2, 0.25) is 0 Å². The van der Waals surface area contributed by atoms with Crippen LogP contribution in [-0.2, 0) is 7.05 Å². The Hall–Kier alpha value is -1.03. The summed E-state index contributed by atoms with van der Waals surface area (Å²) in [6.45, 7) is 4.00. The van der Waals surface area contributed by atoms with E-state index in [1.165, 1.54) is 12.8 Å². The summed E-state index contributed by atoms with van der Waals surface area (Å²) in [4.78, 5) is 0. The van der Waals surface area contributed by atoms with Crippen LogP contribution in [0.25, 0.3) is 0 Å². The Balaban J connectivity index is 1.63. The molecule has 1 aromatic heterocycles. The first-order chi connectivity index (χ1) is 7.24. The second-order valence-corrected chi connectivity index (χ2v) is 4.45. The molecule has 1 unspecified atom stereocenters. The molecule has 2 rings (SSSR count). The van der Waals surface area contributed by atoms with Crippen molar-refractivity contribution >= 4 is 0 Å². The van der Waals surface area contributed by atoms with Gasteiger partial charge in [0, 0.05) is 25.6 Å². The van der Waals surface area contributed by atoms with Crippen molar-refractivity contribution < 1.29 is 4.74 Å².